The smallest absolute Gasteiger partial charge is 0.363 e. The number of aromatic nitrogens is 1. The molecule has 0 aliphatic carbocycles. The monoisotopic (exact) mass is 280 g/mol. The Bertz CT molecular complexity index is 557. The third-order valence-electron chi connectivity index (χ3n) is 3.29. The Morgan fingerprint density at radius 1 is 1.68 bits per heavy atom. The second-order valence-corrected chi connectivity index (χ2v) is 5.39. The van der Waals surface area contributed by atoms with Gasteiger partial charge in [0.2, 0.25) is 0 Å². The molecule has 7 heteroatoms. The van der Waals surface area contributed by atoms with Crippen molar-refractivity contribution in [3.63, 3.8) is 0 Å². The van der Waals surface area contributed by atoms with Gasteiger partial charge in [0.1, 0.15) is 5.69 Å². The van der Waals surface area contributed by atoms with Gasteiger partial charge in [-0.2, -0.15) is 5.26 Å². The molecule has 0 N–H and O–H groups in total. The molecule has 1 aromatic heterocycles. The lowest BCUT2D eigenvalue weighted by molar-refractivity contribution is -0.388. The third kappa shape index (κ3) is 2.76. The summed E-state index contributed by atoms with van der Waals surface area (Å²) in [6.07, 6.45) is 2.87. The molecule has 6 nitrogen and oxygen atoms in total. The van der Waals surface area contributed by atoms with E-state index in [9.17, 15) is 15.4 Å². The molecule has 0 spiro atoms. The zero-order chi connectivity index (χ0) is 14.0. The van der Waals surface area contributed by atoms with Crippen molar-refractivity contribution >= 4 is 23.1 Å². The molecule has 100 valence electrons. The first-order valence-corrected chi connectivity index (χ1v) is 6.29. The summed E-state index contributed by atoms with van der Waals surface area (Å²) in [6, 6.07) is 3.82. The second kappa shape index (κ2) is 5.02. The van der Waals surface area contributed by atoms with Gasteiger partial charge in [0.15, 0.2) is 6.20 Å². The maximum absolute atomic E-state index is 11.0. The highest BCUT2D eigenvalue weighted by Gasteiger charge is 2.34. The van der Waals surface area contributed by atoms with E-state index in [1.807, 2.05) is 11.8 Å². The van der Waals surface area contributed by atoms with E-state index >= 15 is 0 Å². The molecule has 0 aromatic carbocycles. The Morgan fingerprint density at radius 3 is 3.05 bits per heavy atom. The number of anilines is 1. The highest BCUT2D eigenvalue weighted by Crippen LogP contribution is 2.35. The van der Waals surface area contributed by atoms with Gasteiger partial charge < -0.3 is 15.0 Å². The van der Waals surface area contributed by atoms with Crippen molar-refractivity contribution < 1.29 is 4.92 Å². The van der Waals surface area contributed by atoms with Gasteiger partial charge in [-0.3, -0.25) is 0 Å². The Hall–Kier alpha value is -1.87. The molecule has 0 radical (unpaired) electrons. The van der Waals surface area contributed by atoms with Crippen LogP contribution in [0, 0.1) is 26.9 Å². The summed E-state index contributed by atoms with van der Waals surface area (Å²) < 4.78 is 0. The van der Waals surface area contributed by atoms with E-state index in [0.717, 1.165) is 12.8 Å². The SMILES string of the molecule is CC1(C#N)CCCN(c2cc(Cl)cnc2[N+](=O)[O-])C1. The molecule has 1 unspecified atom stereocenters. The van der Waals surface area contributed by atoms with Crippen LogP contribution >= 0.6 is 11.6 Å². The first-order valence-electron chi connectivity index (χ1n) is 5.91. The standard InChI is InChI=1S/C12H13ClN4O2/c1-12(7-14)3-2-4-16(8-12)10-5-9(13)6-15-11(10)17(18)19/h5-6H,2-4,8H2,1H3. The Balaban J connectivity index is 2.39. The lowest BCUT2D eigenvalue weighted by Gasteiger charge is -2.36. The molecular formula is C12H13ClN4O2. The molecular weight excluding hydrogens is 268 g/mol. The van der Waals surface area contributed by atoms with Gasteiger partial charge >= 0.3 is 5.82 Å². The van der Waals surface area contributed by atoms with Crippen LogP contribution in [0.15, 0.2) is 12.3 Å². The summed E-state index contributed by atoms with van der Waals surface area (Å²) in [6.45, 7) is 2.98. The molecule has 2 heterocycles. The van der Waals surface area contributed by atoms with Crippen LogP contribution in [-0.4, -0.2) is 23.0 Å². The van der Waals surface area contributed by atoms with Crippen molar-refractivity contribution in [2.75, 3.05) is 18.0 Å². The number of halogens is 1. The van der Waals surface area contributed by atoms with Gasteiger partial charge in [-0.1, -0.05) is 11.6 Å². The van der Waals surface area contributed by atoms with Crippen LogP contribution in [-0.2, 0) is 0 Å². The van der Waals surface area contributed by atoms with E-state index in [1.165, 1.54) is 12.3 Å². The molecule has 0 saturated carbocycles. The number of hydrogen-bond donors (Lipinski definition) is 0. The molecule has 0 amide bonds. The van der Waals surface area contributed by atoms with E-state index in [0.29, 0.717) is 23.8 Å². The average Bonchev–Trinajstić information content (AvgIpc) is 2.38. The lowest BCUT2D eigenvalue weighted by Crippen LogP contribution is -2.41. The van der Waals surface area contributed by atoms with E-state index in [-0.39, 0.29) is 5.82 Å². The number of nitrogens with zero attached hydrogens (tertiary/aromatic N) is 4. The topological polar surface area (TPSA) is 83.1 Å². The largest absolute Gasteiger partial charge is 0.387 e. The quantitative estimate of drug-likeness (QED) is 0.614. The summed E-state index contributed by atoms with van der Waals surface area (Å²) in [5, 5.41) is 20.6. The van der Waals surface area contributed by atoms with Crippen LogP contribution in [0.5, 0.6) is 0 Å². The Labute approximate surface area is 115 Å². The fraction of sp³-hybridized carbons (Fsp3) is 0.500. The van der Waals surface area contributed by atoms with Crippen LogP contribution < -0.4 is 4.90 Å². The Morgan fingerprint density at radius 2 is 2.42 bits per heavy atom. The maximum Gasteiger partial charge on any atom is 0.387 e. The highest BCUT2D eigenvalue weighted by atomic mass is 35.5. The van der Waals surface area contributed by atoms with Crippen LogP contribution in [0.1, 0.15) is 19.8 Å². The van der Waals surface area contributed by atoms with Crippen molar-refractivity contribution in [2.24, 2.45) is 5.41 Å². The minimum Gasteiger partial charge on any atom is -0.363 e. The Kier molecular flexibility index (Phi) is 3.58. The van der Waals surface area contributed by atoms with Crippen molar-refractivity contribution in [1.29, 1.82) is 5.26 Å². The number of piperidine rings is 1. The summed E-state index contributed by atoms with van der Waals surface area (Å²) in [5.41, 5.74) is -0.104. The molecule has 0 bridgehead atoms. The van der Waals surface area contributed by atoms with E-state index in [4.69, 9.17) is 11.6 Å². The summed E-state index contributed by atoms with van der Waals surface area (Å²) in [4.78, 5) is 16.1. The first kappa shape index (κ1) is 13.6. The summed E-state index contributed by atoms with van der Waals surface area (Å²) in [7, 11) is 0. The van der Waals surface area contributed by atoms with Gasteiger partial charge in [0.05, 0.1) is 16.5 Å². The second-order valence-electron chi connectivity index (χ2n) is 4.95. The normalized spacial score (nSPS) is 22.9. The third-order valence-corrected chi connectivity index (χ3v) is 3.50. The number of nitro groups is 1. The molecule has 1 atom stereocenters. The van der Waals surface area contributed by atoms with E-state index < -0.39 is 10.3 Å². The zero-order valence-corrected chi connectivity index (χ0v) is 11.2. The minimum absolute atomic E-state index is 0.216. The summed E-state index contributed by atoms with van der Waals surface area (Å²) >= 11 is 5.87. The maximum atomic E-state index is 11.0. The van der Waals surface area contributed by atoms with Crippen molar-refractivity contribution in [3.8, 4) is 6.07 Å². The highest BCUT2D eigenvalue weighted by molar-refractivity contribution is 6.30. The molecule has 1 aromatic rings. The molecule has 1 aliphatic rings. The van der Waals surface area contributed by atoms with Crippen LogP contribution in [0.3, 0.4) is 0 Å². The number of pyridine rings is 1. The molecule has 2 rings (SSSR count). The van der Waals surface area contributed by atoms with Gasteiger partial charge in [-0.05, 0) is 35.7 Å². The minimum atomic E-state index is -0.524. The molecule has 1 saturated heterocycles. The number of nitriles is 1. The van der Waals surface area contributed by atoms with Gasteiger partial charge in [0, 0.05) is 13.1 Å². The fourth-order valence-corrected chi connectivity index (χ4v) is 2.48. The van der Waals surface area contributed by atoms with Crippen molar-refractivity contribution in [1.82, 2.24) is 4.98 Å². The summed E-state index contributed by atoms with van der Waals surface area (Å²) in [5.74, 6) is -0.216. The molecule has 1 aliphatic heterocycles. The predicted octanol–water partition coefficient (Wildman–Crippen LogP) is 2.77. The van der Waals surface area contributed by atoms with Crippen LogP contribution in [0.25, 0.3) is 0 Å². The van der Waals surface area contributed by atoms with Crippen molar-refractivity contribution in [3.05, 3.63) is 27.4 Å². The number of hydrogen-bond acceptors (Lipinski definition) is 5. The average molecular weight is 281 g/mol. The fourth-order valence-electron chi connectivity index (χ4n) is 2.33. The van der Waals surface area contributed by atoms with Gasteiger partial charge in [-0.25, -0.2) is 0 Å². The zero-order valence-electron chi connectivity index (χ0n) is 10.5. The van der Waals surface area contributed by atoms with Crippen LogP contribution in [0.2, 0.25) is 5.02 Å². The first-order chi connectivity index (χ1) is 8.95. The predicted molar refractivity (Wildman–Crippen MR) is 71.1 cm³/mol. The van der Waals surface area contributed by atoms with Gasteiger partial charge in [-0.15, -0.1) is 0 Å². The molecule has 19 heavy (non-hydrogen) atoms. The van der Waals surface area contributed by atoms with E-state index in [2.05, 4.69) is 11.1 Å². The molecule has 1 fully saturated rings. The van der Waals surface area contributed by atoms with E-state index in [1.54, 1.807) is 0 Å². The lowest BCUT2D eigenvalue weighted by atomic mass is 9.83. The van der Waals surface area contributed by atoms with Crippen LogP contribution in [0.4, 0.5) is 11.5 Å². The number of rotatable bonds is 2. The van der Waals surface area contributed by atoms with Crippen molar-refractivity contribution in [2.45, 2.75) is 19.8 Å². The van der Waals surface area contributed by atoms with Gasteiger partial charge in [0.25, 0.3) is 0 Å².